The van der Waals surface area contributed by atoms with Gasteiger partial charge in [-0.05, 0) is 43.5 Å². The second-order valence-corrected chi connectivity index (χ2v) is 5.23. The number of benzene rings is 1. The van der Waals surface area contributed by atoms with E-state index < -0.39 is 0 Å². The number of carbonyl (C=O) groups is 1. The van der Waals surface area contributed by atoms with E-state index in [1.54, 1.807) is 0 Å². The molecule has 17 heavy (non-hydrogen) atoms. The summed E-state index contributed by atoms with van der Waals surface area (Å²) in [5.74, 6) is 0.139. The molecule has 0 bridgehead atoms. The van der Waals surface area contributed by atoms with E-state index in [9.17, 15) is 4.79 Å². The summed E-state index contributed by atoms with van der Waals surface area (Å²) in [5, 5.41) is 6.17. The molecule has 4 heteroatoms. The zero-order valence-electron chi connectivity index (χ0n) is 9.71. The number of nitrogens with one attached hydrogen (secondary N) is 2. The van der Waals surface area contributed by atoms with E-state index in [2.05, 4.69) is 38.7 Å². The maximum absolute atomic E-state index is 11.7. The predicted molar refractivity (Wildman–Crippen MR) is 71.9 cm³/mol. The molecule has 1 aromatic carbocycles. The first-order chi connectivity index (χ1) is 8.25. The third-order valence-corrected chi connectivity index (χ3v) is 3.53. The molecule has 1 aromatic rings. The lowest BCUT2D eigenvalue weighted by atomic mass is 10.1. The molecule has 0 aliphatic carbocycles. The van der Waals surface area contributed by atoms with Gasteiger partial charge in [-0.15, -0.1) is 0 Å². The summed E-state index contributed by atoms with van der Waals surface area (Å²) >= 11 is 3.40. The van der Waals surface area contributed by atoms with Crippen LogP contribution in [0, 0.1) is 0 Å². The maximum atomic E-state index is 11.7. The summed E-state index contributed by atoms with van der Waals surface area (Å²) in [7, 11) is 0. The van der Waals surface area contributed by atoms with Gasteiger partial charge in [0, 0.05) is 11.0 Å². The van der Waals surface area contributed by atoms with Gasteiger partial charge in [0.2, 0.25) is 5.91 Å². The van der Waals surface area contributed by atoms with Gasteiger partial charge in [0.15, 0.2) is 0 Å². The normalized spacial score (nSPS) is 19.2. The van der Waals surface area contributed by atoms with Crippen LogP contribution in [0.3, 0.4) is 0 Å². The van der Waals surface area contributed by atoms with Crippen LogP contribution in [0.25, 0.3) is 0 Å². The van der Waals surface area contributed by atoms with Gasteiger partial charge < -0.3 is 10.6 Å². The molecule has 0 spiro atoms. The highest BCUT2D eigenvalue weighted by Crippen LogP contribution is 2.10. The quantitative estimate of drug-likeness (QED) is 0.890. The van der Waals surface area contributed by atoms with Gasteiger partial charge in [0.25, 0.3) is 0 Å². The van der Waals surface area contributed by atoms with Gasteiger partial charge in [-0.1, -0.05) is 28.1 Å². The number of hydrogen-bond donors (Lipinski definition) is 2. The molecule has 1 saturated heterocycles. The average Bonchev–Trinajstić information content (AvgIpc) is 2.85. The minimum atomic E-state index is 0.0277. The second kappa shape index (κ2) is 6.17. The van der Waals surface area contributed by atoms with Crippen molar-refractivity contribution in [2.45, 2.75) is 25.3 Å². The SMILES string of the molecule is O=C(NCCc1ccc(Br)cc1)[C@@H]1CCCN1. The van der Waals surface area contributed by atoms with E-state index in [4.69, 9.17) is 0 Å². The van der Waals surface area contributed by atoms with Crippen molar-refractivity contribution in [2.75, 3.05) is 13.1 Å². The largest absolute Gasteiger partial charge is 0.354 e. The zero-order valence-corrected chi connectivity index (χ0v) is 11.3. The van der Waals surface area contributed by atoms with E-state index in [1.165, 1.54) is 5.56 Å². The molecule has 1 atom stereocenters. The topological polar surface area (TPSA) is 41.1 Å². The fraction of sp³-hybridized carbons (Fsp3) is 0.462. The summed E-state index contributed by atoms with van der Waals surface area (Å²) in [5.41, 5.74) is 1.24. The molecule has 3 nitrogen and oxygen atoms in total. The second-order valence-electron chi connectivity index (χ2n) is 4.32. The number of halogens is 1. The Kier molecular flexibility index (Phi) is 4.57. The molecule has 0 aromatic heterocycles. The molecule has 2 rings (SSSR count). The van der Waals surface area contributed by atoms with Crippen molar-refractivity contribution in [3.05, 3.63) is 34.3 Å². The van der Waals surface area contributed by atoms with E-state index in [-0.39, 0.29) is 11.9 Å². The molecule has 0 saturated carbocycles. The average molecular weight is 297 g/mol. The first kappa shape index (κ1) is 12.6. The van der Waals surface area contributed by atoms with Gasteiger partial charge in [0.1, 0.15) is 0 Å². The molecule has 0 radical (unpaired) electrons. The van der Waals surface area contributed by atoms with Crippen molar-refractivity contribution in [3.63, 3.8) is 0 Å². The lowest BCUT2D eigenvalue weighted by molar-refractivity contribution is -0.122. The molecule has 1 aliphatic rings. The van der Waals surface area contributed by atoms with Gasteiger partial charge in [0.05, 0.1) is 6.04 Å². The Bertz CT molecular complexity index is 372. The molecular formula is C13H17BrN2O. The van der Waals surface area contributed by atoms with Gasteiger partial charge in [-0.25, -0.2) is 0 Å². The molecule has 2 N–H and O–H groups in total. The summed E-state index contributed by atoms with van der Waals surface area (Å²) in [6.45, 7) is 1.67. The minimum Gasteiger partial charge on any atom is -0.354 e. The van der Waals surface area contributed by atoms with Crippen LogP contribution in [0.1, 0.15) is 18.4 Å². The summed E-state index contributed by atoms with van der Waals surface area (Å²) in [4.78, 5) is 11.7. The third kappa shape index (κ3) is 3.82. The number of rotatable bonds is 4. The smallest absolute Gasteiger partial charge is 0.237 e. The van der Waals surface area contributed by atoms with Crippen LogP contribution >= 0.6 is 15.9 Å². The standard InChI is InChI=1S/C13H17BrN2O/c14-11-5-3-10(4-6-11)7-9-16-13(17)12-2-1-8-15-12/h3-6,12,15H,1-2,7-9H2,(H,16,17)/t12-/m0/s1. The Labute approximate surface area is 110 Å². The van der Waals surface area contributed by atoms with Crippen LogP contribution in [-0.4, -0.2) is 25.0 Å². The molecular weight excluding hydrogens is 280 g/mol. The zero-order chi connectivity index (χ0) is 12.1. The molecule has 0 unspecified atom stereocenters. The summed E-state index contributed by atoms with van der Waals surface area (Å²) in [6.07, 6.45) is 2.95. The van der Waals surface area contributed by atoms with Crippen molar-refractivity contribution in [3.8, 4) is 0 Å². The first-order valence-corrected chi connectivity index (χ1v) is 6.80. The summed E-state index contributed by atoms with van der Waals surface area (Å²) < 4.78 is 1.08. The summed E-state index contributed by atoms with van der Waals surface area (Å²) in [6, 6.07) is 8.22. The van der Waals surface area contributed by atoms with E-state index in [1.807, 2.05) is 12.1 Å². The highest BCUT2D eigenvalue weighted by Gasteiger charge is 2.20. The Balaban J connectivity index is 1.72. The van der Waals surface area contributed by atoms with Crippen molar-refractivity contribution in [2.24, 2.45) is 0 Å². The Morgan fingerprint density at radius 3 is 2.82 bits per heavy atom. The lowest BCUT2D eigenvalue weighted by Gasteiger charge is -2.10. The first-order valence-electron chi connectivity index (χ1n) is 6.01. The fourth-order valence-electron chi connectivity index (χ4n) is 2.01. The molecule has 1 fully saturated rings. The van der Waals surface area contributed by atoms with E-state index in [0.29, 0.717) is 6.54 Å². The monoisotopic (exact) mass is 296 g/mol. The number of hydrogen-bond acceptors (Lipinski definition) is 2. The van der Waals surface area contributed by atoms with Crippen molar-refractivity contribution < 1.29 is 4.79 Å². The van der Waals surface area contributed by atoms with Crippen molar-refractivity contribution in [1.29, 1.82) is 0 Å². The molecule has 92 valence electrons. The van der Waals surface area contributed by atoms with Gasteiger partial charge in [-0.3, -0.25) is 4.79 Å². The van der Waals surface area contributed by atoms with E-state index >= 15 is 0 Å². The van der Waals surface area contributed by atoms with Gasteiger partial charge in [-0.2, -0.15) is 0 Å². The Morgan fingerprint density at radius 2 is 2.18 bits per heavy atom. The van der Waals surface area contributed by atoms with Crippen LogP contribution in [0.5, 0.6) is 0 Å². The number of carbonyl (C=O) groups excluding carboxylic acids is 1. The minimum absolute atomic E-state index is 0.0277. The van der Waals surface area contributed by atoms with Crippen molar-refractivity contribution >= 4 is 21.8 Å². The fourth-order valence-corrected chi connectivity index (χ4v) is 2.28. The van der Waals surface area contributed by atoms with Crippen LogP contribution < -0.4 is 10.6 Å². The third-order valence-electron chi connectivity index (χ3n) is 3.00. The van der Waals surface area contributed by atoms with Crippen molar-refractivity contribution in [1.82, 2.24) is 10.6 Å². The predicted octanol–water partition coefficient (Wildman–Crippen LogP) is 1.86. The van der Waals surface area contributed by atoms with Crippen LogP contribution in [0.15, 0.2) is 28.7 Å². The lowest BCUT2D eigenvalue weighted by Crippen LogP contribution is -2.41. The molecule has 1 aliphatic heterocycles. The maximum Gasteiger partial charge on any atom is 0.237 e. The van der Waals surface area contributed by atoms with Crippen LogP contribution in [0.2, 0.25) is 0 Å². The van der Waals surface area contributed by atoms with Crippen LogP contribution in [0.4, 0.5) is 0 Å². The highest BCUT2D eigenvalue weighted by molar-refractivity contribution is 9.10. The van der Waals surface area contributed by atoms with E-state index in [0.717, 1.165) is 30.3 Å². The van der Waals surface area contributed by atoms with Gasteiger partial charge >= 0.3 is 0 Å². The molecule has 1 amide bonds. The Morgan fingerprint density at radius 1 is 1.41 bits per heavy atom. The number of amides is 1. The Hall–Kier alpha value is -0.870. The molecule has 1 heterocycles. The highest BCUT2D eigenvalue weighted by atomic mass is 79.9. The van der Waals surface area contributed by atoms with Crippen LogP contribution in [-0.2, 0) is 11.2 Å².